The van der Waals surface area contributed by atoms with Crippen molar-refractivity contribution < 1.29 is 14.0 Å². The van der Waals surface area contributed by atoms with Gasteiger partial charge in [-0.05, 0) is 84.6 Å². The Hall–Kier alpha value is -3.27. The monoisotopic (exact) mass is 631 g/mol. The second kappa shape index (κ2) is 11.9. The third-order valence-corrected chi connectivity index (χ3v) is 14.4. The summed E-state index contributed by atoms with van der Waals surface area (Å²) >= 11 is 6.16. The van der Waals surface area contributed by atoms with Crippen molar-refractivity contribution in [2.75, 3.05) is 22.1 Å². The minimum Gasteiger partial charge on any atom is -0.412 e. The molecule has 3 aliphatic rings. The molecule has 3 fully saturated rings. The number of nitrogens with zero attached hydrogens (tertiary/aromatic N) is 3. The Balaban J connectivity index is 1.18. The van der Waals surface area contributed by atoms with Crippen LogP contribution in [0.3, 0.4) is 0 Å². The van der Waals surface area contributed by atoms with Crippen LogP contribution in [-0.2, 0) is 14.0 Å². The number of benzene rings is 2. The van der Waals surface area contributed by atoms with Crippen molar-refractivity contribution in [1.29, 1.82) is 0 Å². The summed E-state index contributed by atoms with van der Waals surface area (Å²) < 4.78 is 6.79. The Morgan fingerprint density at radius 1 is 0.955 bits per heavy atom. The summed E-state index contributed by atoms with van der Waals surface area (Å²) in [5, 5.41) is 6.82. The van der Waals surface area contributed by atoms with E-state index in [9.17, 15) is 9.59 Å². The zero-order valence-electron chi connectivity index (χ0n) is 26.1. The summed E-state index contributed by atoms with van der Waals surface area (Å²) in [5.41, 5.74) is 3.18. The summed E-state index contributed by atoms with van der Waals surface area (Å²) in [4.78, 5) is 37.8. The maximum absolute atomic E-state index is 13.8. The van der Waals surface area contributed by atoms with Crippen molar-refractivity contribution in [3.8, 4) is 0 Å². The lowest BCUT2D eigenvalue weighted by Crippen LogP contribution is -2.44. The predicted molar refractivity (Wildman–Crippen MR) is 178 cm³/mol. The van der Waals surface area contributed by atoms with Gasteiger partial charge in [-0.1, -0.05) is 56.6 Å². The summed E-state index contributed by atoms with van der Waals surface area (Å²) in [6, 6.07) is 17.1. The maximum Gasteiger partial charge on any atom is 0.247 e. The highest BCUT2D eigenvalue weighted by molar-refractivity contribution is 6.74. The molecular formula is C34H42ClN5O3Si. The molecule has 0 spiro atoms. The molecule has 2 aromatic carbocycles. The van der Waals surface area contributed by atoms with E-state index in [0.717, 1.165) is 17.7 Å². The van der Waals surface area contributed by atoms with Gasteiger partial charge in [0.05, 0.1) is 6.10 Å². The minimum atomic E-state index is -2.08. The van der Waals surface area contributed by atoms with Crippen molar-refractivity contribution >= 4 is 49.1 Å². The third kappa shape index (κ3) is 6.85. The first-order valence-corrected chi connectivity index (χ1v) is 18.9. The predicted octanol–water partition coefficient (Wildman–Crippen LogP) is 7.36. The van der Waals surface area contributed by atoms with E-state index in [0.29, 0.717) is 35.5 Å². The lowest BCUT2D eigenvalue weighted by molar-refractivity contribution is -0.118. The van der Waals surface area contributed by atoms with E-state index in [1.54, 1.807) is 6.07 Å². The largest absolute Gasteiger partial charge is 0.412 e. The van der Waals surface area contributed by atoms with E-state index < -0.39 is 14.4 Å². The van der Waals surface area contributed by atoms with Crippen molar-refractivity contribution in [3.63, 3.8) is 0 Å². The SMILES string of the molecule is CC(C)(C)[Si](C)(C)OC1C[C@H](C(=O)Nc2ccc(C3CC3)cc2)N(c2cc(NC(=O)[C@H]3C[C@@H]3c3cccc(Cl)c3)ncn2)C1. The molecule has 10 heteroatoms. The molecule has 4 atom stereocenters. The molecule has 2 heterocycles. The minimum absolute atomic E-state index is 0.0413. The molecule has 1 unspecified atom stereocenters. The Morgan fingerprint density at radius 2 is 1.70 bits per heavy atom. The lowest BCUT2D eigenvalue weighted by Gasteiger charge is -2.38. The fraction of sp³-hybridized carbons (Fsp3) is 0.471. The van der Waals surface area contributed by atoms with E-state index in [1.807, 2.05) is 41.3 Å². The van der Waals surface area contributed by atoms with Gasteiger partial charge in [0.15, 0.2) is 8.32 Å². The molecule has 2 aliphatic carbocycles. The quantitative estimate of drug-likeness (QED) is 0.240. The van der Waals surface area contributed by atoms with Crippen LogP contribution in [0.5, 0.6) is 0 Å². The normalized spacial score (nSPS) is 23.4. The molecule has 44 heavy (non-hydrogen) atoms. The molecule has 8 nitrogen and oxygen atoms in total. The highest BCUT2D eigenvalue weighted by atomic mass is 35.5. The standard InChI is InChI=1S/C34H42ClN5O3Si/c1-34(2,3)44(4,5)43-26-16-29(33(42)38-25-13-11-22(12-14-25)21-9-10-21)40(19-26)31-18-30(36-20-37-31)39-32(41)28-17-27(28)23-7-6-8-24(35)15-23/h6-8,11-15,18,20-21,26-29H,9-10,16-17,19H2,1-5H3,(H,38,42)(H,36,37,39,41)/t26?,27-,28+,29-/m1/s1. The van der Waals surface area contributed by atoms with E-state index >= 15 is 0 Å². The number of carbonyl (C=O) groups excluding carboxylic acids is 2. The van der Waals surface area contributed by atoms with Crippen LogP contribution >= 0.6 is 11.6 Å². The molecule has 1 aromatic heterocycles. The summed E-state index contributed by atoms with van der Waals surface area (Å²) in [6.07, 6.45) is 5.12. The fourth-order valence-electron chi connectivity index (χ4n) is 5.84. The molecule has 2 N–H and O–H groups in total. The first kappa shape index (κ1) is 30.7. The number of hydrogen-bond acceptors (Lipinski definition) is 6. The van der Waals surface area contributed by atoms with Gasteiger partial charge in [0.25, 0.3) is 0 Å². The average molecular weight is 632 g/mol. The lowest BCUT2D eigenvalue weighted by atomic mass is 10.1. The fourth-order valence-corrected chi connectivity index (χ4v) is 7.40. The summed E-state index contributed by atoms with van der Waals surface area (Å²) in [7, 11) is -2.08. The Kier molecular flexibility index (Phi) is 8.32. The first-order chi connectivity index (χ1) is 20.9. The van der Waals surface area contributed by atoms with E-state index in [1.165, 1.54) is 24.7 Å². The maximum atomic E-state index is 13.8. The van der Waals surface area contributed by atoms with Crippen molar-refractivity contribution in [2.45, 2.75) is 88.6 Å². The van der Waals surface area contributed by atoms with Crippen LogP contribution in [0.25, 0.3) is 0 Å². The van der Waals surface area contributed by atoms with Crippen molar-refractivity contribution in [3.05, 3.63) is 77.1 Å². The highest BCUT2D eigenvalue weighted by Gasteiger charge is 2.46. The van der Waals surface area contributed by atoms with Gasteiger partial charge in [-0.3, -0.25) is 9.59 Å². The van der Waals surface area contributed by atoms with Gasteiger partial charge in [-0.25, -0.2) is 9.97 Å². The number of nitrogens with one attached hydrogen (secondary N) is 2. The molecule has 1 saturated heterocycles. The van der Waals surface area contributed by atoms with Crippen molar-refractivity contribution in [1.82, 2.24) is 9.97 Å². The van der Waals surface area contributed by atoms with Gasteiger partial charge >= 0.3 is 0 Å². The van der Waals surface area contributed by atoms with Gasteiger partial charge in [0.1, 0.15) is 24.0 Å². The summed E-state index contributed by atoms with van der Waals surface area (Å²) in [6.45, 7) is 11.7. The Bertz CT molecular complexity index is 1540. The van der Waals surface area contributed by atoms with Crippen LogP contribution in [0.15, 0.2) is 60.9 Å². The molecular weight excluding hydrogens is 590 g/mol. The Morgan fingerprint density at radius 3 is 2.39 bits per heavy atom. The number of hydrogen-bond donors (Lipinski definition) is 2. The number of carbonyl (C=O) groups is 2. The molecule has 1 aliphatic heterocycles. The number of anilines is 3. The van der Waals surface area contributed by atoms with E-state index in [-0.39, 0.29) is 34.8 Å². The highest BCUT2D eigenvalue weighted by Crippen LogP contribution is 2.48. The molecule has 0 bridgehead atoms. The third-order valence-electron chi connectivity index (χ3n) is 9.66. The van der Waals surface area contributed by atoms with Crippen LogP contribution in [0.1, 0.15) is 69.4 Å². The van der Waals surface area contributed by atoms with Crippen LogP contribution in [-0.4, -0.2) is 48.8 Å². The molecule has 2 saturated carbocycles. The Labute approximate surface area is 266 Å². The van der Waals surface area contributed by atoms with Gasteiger partial charge in [-0.2, -0.15) is 0 Å². The second-order valence-electron chi connectivity index (χ2n) is 14.0. The van der Waals surface area contributed by atoms with Crippen LogP contribution < -0.4 is 15.5 Å². The van der Waals surface area contributed by atoms with Crippen LogP contribution in [0, 0.1) is 5.92 Å². The van der Waals surface area contributed by atoms with E-state index in [4.69, 9.17) is 16.0 Å². The first-order valence-electron chi connectivity index (χ1n) is 15.6. The number of halogens is 1. The van der Waals surface area contributed by atoms with Gasteiger partial charge in [0, 0.05) is 35.7 Å². The smallest absolute Gasteiger partial charge is 0.247 e. The molecule has 0 radical (unpaired) electrons. The molecule has 2 amide bonds. The molecule has 232 valence electrons. The zero-order valence-corrected chi connectivity index (χ0v) is 27.9. The molecule has 3 aromatic rings. The van der Waals surface area contributed by atoms with E-state index in [2.05, 4.69) is 66.6 Å². The number of aromatic nitrogens is 2. The average Bonchev–Trinajstić information content (AvgIpc) is 3.90. The van der Waals surface area contributed by atoms with Crippen LogP contribution in [0.2, 0.25) is 23.2 Å². The number of amides is 2. The van der Waals surface area contributed by atoms with Gasteiger partial charge in [0.2, 0.25) is 11.8 Å². The van der Waals surface area contributed by atoms with Gasteiger partial charge in [-0.15, -0.1) is 0 Å². The second-order valence-corrected chi connectivity index (χ2v) is 19.2. The summed E-state index contributed by atoms with van der Waals surface area (Å²) in [5.74, 6) is 1.50. The number of rotatable bonds is 9. The molecule has 6 rings (SSSR count). The topological polar surface area (TPSA) is 96.5 Å². The van der Waals surface area contributed by atoms with Gasteiger partial charge < -0.3 is 20.0 Å². The van der Waals surface area contributed by atoms with Crippen LogP contribution in [0.4, 0.5) is 17.3 Å². The van der Waals surface area contributed by atoms with Crippen molar-refractivity contribution in [2.24, 2.45) is 5.92 Å². The zero-order chi connectivity index (χ0) is 31.2.